The molecule has 0 atom stereocenters. The number of hydrogen-bond donors (Lipinski definition) is 0. The van der Waals surface area contributed by atoms with Crippen LogP contribution in [0.5, 0.6) is 0 Å². The molecule has 1 aromatic heterocycles. The van der Waals surface area contributed by atoms with Gasteiger partial charge in [-0.05, 0) is 30.5 Å². The van der Waals surface area contributed by atoms with E-state index in [4.69, 9.17) is 4.74 Å². The van der Waals surface area contributed by atoms with E-state index in [2.05, 4.69) is 35.2 Å². The minimum absolute atomic E-state index is 0.271. The van der Waals surface area contributed by atoms with Crippen LogP contribution in [0, 0.1) is 116 Å². The molecule has 0 aliphatic rings. The lowest BCUT2D eigenvalue weighted by atomic mass is 9.12. The van der Waals surface area contributed by atoms with Gasteiger partial charge in [0.1, 0.15) is 52.7 Å². The van der Waals surface area contributed by atoms with Gasteiger partial charge in [0.05, 0.1) is 12.2 Å². The summed E-state index contributed by atoms with van der Waals surface area (Å²) in [4.78, 5) is 11.6. The van der Waals surface area contributed by atoms with E-state index in [0.717, 1.165) is 12.1 Å². The maximum absolute atomic E-state index is 15.4. The van der Waals surface area contributed by atoms with Gasteiger partial charge < -0.3 is 4.74 Å². The zero-order valence-electron chi connectivity index (χ0n) is 32.7. The highest BCUT2D eigenvalue weighted by atomic mass is 19.2. The number of pyridine rings is 1. The van der Waals surface area contributed by atoms with Gasteiger partial charge in [0.15, 0.2) is 88.7 Å². The van der Waals surface area contributed by atoms with Crippen molar-refractivity contribution < 1.29 is 102 Å². The molecule has 3 nitrogen and oxygen atoms in total. The molecule has 0 aliphatic heterocycles. The largest absolute Gasteiger partial charge is 0.462 e. The molecule has 0 aliphatic carbocycles. The number of ether oxygens (including phenoxy) is 1. The molecule has 67 heavy (non-hydrogen) atoms. The molecular formula is C43H18BF20NO2. The Bertz CT molecular complexity index is 2770. The van der Waals surface area contributed by atoms with Crippen LogP contribution in [-0.4, -0.2) is 18.7 Å². The Balaban J connectivity index is 0.000000279. The molecule has 0 unspecified atom stereocenters. The third kappa shape index (κ3) is 8.04. The third-order valence-corrected chi connectivity index (χ3v) is 10.3. The summed E-state index contributed by atoms with van der Waals surface area (Å²) >= 11 is 0. The predicted octanol–water partition coefficient (Wildman–Crippen LogP) is 9.20. The van der Waals surface area contributed by atoms with Gasteiger partial charge in [-0.1, -0.05) is 30.3 Å². The van der Waals surface area contributed by atoms with Crippen LogP contribution in [0.2, 0.25) is 0 Å². The number of rotatable bonds is 8. The SMILES string of the molecule is CCOC(=O)c1ccc(C[n+]2ccc3ccccc3c2)cc1.Fc1c(F)c(F)c([B-](c2c(F)c(F)c(F)c(F)c2F)(c2c(F)c(F)c(F)c(F)c2F)c2c(F)c(F)c(F)c(F)c2F)c(F)c1F. The second-order valence-electron chi connectivity index (χ2n) is 14.0. The van der Waals surface area contributed by atoms with Crippen molar-refractivity contribution in [3.8, 4) is 0 Å². The van der Waals surface area contributed by atoms with E-state index in [9.17, 15) is 57.5 Å². The average molecular weight is 971 g/mol. The van der Waals surface area contributed by atoms with Crippen LogP contribution in [0.3, 0.4) is 0 Å². The molecule has 0 N–H and O–H groups in total. The Morgan fingerprint density at radius 1 is 0.418 bits per heavy atom. The first kappa shape index (κ1) is 49.3. The lowest BCUT2D eigenvalue weighted by Crippen LogP contribution is -2.81. The van der Waals surface area contributed by atoms with Crippen LogP contribution in [0.25, 0.3) is 10.8 Å². The molecule has 0 bridgehead atoms. The first-order valence-corrected chi connectivity index (χ1v) is 18.3. The van der Waals surface area contributed by atoms with Crippen molar-refractivity contribution in [1.29, 1.82) is 0 Å². The molecule has 0 spiro atoms. The number of esters is 1. The van der Waals surface area contributed by atoms with Crippen LogP contribution in [0.4, 0.5) is 87.8 Å². The average Bonchev–Trinajstić information content (AvgIpc) is 3.31. The smallest absolute Gasteiger partial charge is 0.338 e. The van der Waals surface area contributed by atoms with Crippen LogP contribution < -0.4 is 26.4 Å². The number of halogens is 20. The molecule has 0 saturated carbocycles. The zero-order chi connectivity index (χ0) is 49.7. The van der Waals surface area contributed by atoms with Gasteiger partial charge >= 0.3 is 5.97 Å². The summed E-state index contributed by atoms with van der Waals surface area (Å²) in [6, 6.07) is 18.0. The number of carbonyl (C=O) groups is 1. The minimum atomic E-state index is -7.22. The maximum atomic E-state index is 15.4. The third-order valence-electron chi connectivity index (χ3n) is 10.3. The van der Waals surface area contributed by atoms with Gasteiger partial charge in [0, 0.05) is 17.0 Å². The summed E-state index contributed by atoms with van der Waals surface area (Å²) in [5.41, 5.74) is -12.6. The Morgan fingerprint density at radius 2 is 0.716 bits per heavy atom. The van der Waals surface area contributed by atoms with Gasteiger partial charge in [0.2, 0.25) is 0 Å². The first-order valence-electron chi connectivity index (χ1n) is 18.3. The molecular weight excluding hydrogens is 953 g/mol. The van der Waals surface area contributed by atoms with Gasteiger partial charge in [-0.15, -0.1) is 21.9 Å². The van der Waals surface area contributed by atoms with Crippen molar-refractivity contribution in [1.82, 2.24) is 0 Å². The summed E-state index contributed by atoms with van der Waals surface area (Å²) in [6.45, 7) is 2.98. The van der Waals surface area contributed by atoms with Gasteiger partial charge in [-0.2, -0.15) is 0 Å². The Kier molecular flexibility index (Phi) is 13.7. The van der Waals surface area contributed by atoms with E-state index >= 15 is 35.1 Å². The highest BCUT2D eigenvalue weighted by Gasteiger charge is 2.52. The number of aromatic nitrogens is 1. The molecule has 0 radical (unpaired) electrons. The zero-order valence-corrected chi connectivity index (χ0v) is 32.7. The second-order valence-corrected chi connectivity index (χ2v) is 14.0. The van der Waals surface area contributed by atoms with Crippen molar-refractivity contribution in [2.75, 3.05) is 6.61 Å². The summed E-state index contributed by atoms with van der Waals surface area (Å²) < 4.78 is 301. The van der Waals surface area contributed by atoms with Crippen LogP contribution >= 0.6 is 0 Å². The number of fused-ring (bicyclic) bond motifs is 1. The van der Waals surface area contributed by atoms with Crippen molar-refractivity contribution in [3.05, 3.63) is 194 Å². The molecule has 1 heterocycles. The molecule has 6 aromatic carbocycles. The number of carbonyl (C=O) groups excluding carboxylic acids is 1. The lowest BCUT2D eigenvalue weighted by molar-refractivity contribution is -0.687. The fraction of sp³-hybridized carbons (Fsp3) is 0.0698. The summed E-state index contributed by atoms with van der Waals surface area (Å²) in [6.07, 6.45) is -3.01. The summed E-state index contributed by atoms with van der Waals surface area (Å²) in [5, 5.41) is 2.45. The fourth-order valence-electron chi connectivity index (χ4n) is 7.32. The Morgan fingerprint density at radius 3 is 1.03 bits per heavy atom. The van der Waals surface area contributed by atoms with Gasteiger partial charge in [0.25, 0.3) is 0 Å². The predicted molar refractivity (Wildman–Crippen MR) is 195 cm³/mol. The molecule has 7 aromatic rings. The van der Waals surface area contributed by atoms with E-state index in [1.165, 1.54) is 10.8 Å². The summed E-state index contributed by atoms with van der Waals surface area (Å²) in [5.74, 6) is -71.7. The van der Waals surface area contributed by atoms with E-state index in [0.29, 0.717) is 12.2 Å². The van der Waals surface area contributed by atoms with Crippen LogP contribution in [-0.2, 0) is 11.3 Å². The van der Waals surface area contributed by atoms with Crippen LogP contribution in [0.15, 0.2) is 67.0 Å². The van der Waals surface area contributed by atoms with Crippen molar-refractivity contribution in [2.45, 2.75) is 13.5 Å². The normalized spacial score (nSPS) is 11.5. The number of hydrogen-bond acceptors (Lipinski definition) is 2. The highest BCUT2D eigenvalue weighted by Crippen LogP contribution is 2.31. The number of nitrogens with zero attached hydrogens (tertiary/aromatic N) is 1. The van der Waals surface area contributed by atoms with E-state index in [-0.39, 0.29) is 5.97 Å². The fourth-order valence-corrected chi connectivity index (χ4v) is 7.32. The quantitative estimate of drug-likeness (QED) is 0.0380. The van der Waals surface area contributed by atoms with Crippen LogP contribution in [0.1, 0.15) is 22.8 Å². The molecule has 350 valence electrons. The molecule has 0 fully saturated rings. The van der Waals surface area contributed by atoms with Crippen molar-refractivity contribution in [2.24, 2.45) is 0 Å². The van der Waals surface area contributed by atoms with Gasteiger partial charge in [-0.25, -0.2) is 97.2 Å². The topological polar surface area (TPSA) is 30.2 Å². The standard InChI is InChI=1S/C24BF20.C19H18NO2/c26-5-1(6(27)14(35)21(42)13(5)34)25(2-7(28)15(36)22(43)16(37)8(2)29,3-9(30)17(38)23(44)18(39)10(3)31)4-11(32)19(40)24(45)20(41)12(4)33;1-2-22-19(21)17-9-7-15(8-10-17)13-20-12-11-16-5-3-4-6-18(16)14-20/h;3-12,14H,2,13H2,1H3/q-1;+1. The lowest BCUT2D eigenvalue weighted by Gasteiger charge is -2.44. The van der Waals surface area contributed by atoms with Crippen molar-refractivity contribution in [3.63, 3.8) is 0 Å². The highest BCUT2D eigenvalue weighted by molar-refractivity contribution is 7.20. The van der Waals surface area contributed by atoms with E-state index in [1.54, 1.807) is 0 Å². The molecule has 0 amide bonds. The maximum Gasteiger partial charge on any atom is 0.338 e. The Hall–Kier alpha value is -7.14. The molecule has 7 rings (SSSR count). The minimum Gasteiger partial charge on any atom is -0.462 e. The number of benzene rings is 6. The van der Waals surface area contributed by atoms with E-state index < -0.39 is 144 Å². The Labute approximate surface area is 361 Å². The molecule has 0 saturated heterocycles. The summed E-state index contributed by atoms with van der Waals surface area (Å²) in [7, 11) is 0. The first-order chi connectivity index (χ1) is 31.5. The van der Waals surface area contributed by atoms with Crippen molar-refractivity contribution >= 4 is 44.7 Å². The van der Waals surface area contributed by atoms with Gasteiger partial charge in [-0.3, -0.25) is 0 Å². The second kappa shape index (κ2) is 18.6. The van der Waals surface area contributed by atoms with E-state index in [1.807, 2.05) is 43.3 Å². The molecule has 24 heteroatoms. The monoisotopic (exact) mass is 971 g/mol.